The Bertz CT molecular complexity index is 453. The summed E-state index contributed by atoms with van der Waals surface area (Å²) in [4.78, 5) is 26.9. The lowest BCUT2D eigenvalue weighted by Gasteiger charge is -2.14. The molecule has 1 amide bonds. The van der Waals surface area contributed by atoms with Gasteiger partial charge in [-0.2, -0.15) is 0 Å². The van der Waals surface area contributed by atoms with Crippen LogP contribution in [0.15, 0.2) is 22.9 Å². The van der Waals surface area contributed by atoms with Crippen LogP contribution in [0.1, 0.15) is 23.2 Å². The fourth-order valence-corrected chi connectivity index (χ4v) is 1.91. The number of pyridine rings is 1. The average molecular weight is 331 g/mol. The van der Waals surface area contributed by atoms with Gasteiger partial charge in [0.2, 0.25) is 0 Å². The SMILES string of the molecule is COCCCC(NC(=O)c1cccnc1Br)C(=O)O. The monoisotopic (exact) mass is 330 g/mol. The molecule has 0 aliphatic rings. The lowest BCUT2D eigenvalue weighted by molar-refractivity contribution is -0.139. The van der Waals surface area contributed by atoms with Gasteiger partial charge in [0.1, 0.15) is 10.6 Å². The zero-order valence-electron chi connectivity index (χ0n) is 10.4. The zero-order valence-corrected chi connectivity index (χ0v) is 12.0. The Labute approximate surface area is 119 Å². The van der Waals surface area contributed by atoms with Gasteiger partial charge in [-0.1, -0.05) is 0 Å². The average Bonchev–Trinajstić information content (AvgIpc) is 2.38. The molecule has 0 saturated heterocycles. The molecule has 0 fully saturated rings. The third-order valence-electron chi connectivity index (χ3n) is 2.45. The number of carboxylic acids is 1. The lowest BCUT2D eigenvalue weighted by atomic mass is 10.1. The van der Waals surface area contributed by atoms with Crippen LogP contribution >= 0.6 is 15.9 Å². The topological polar surface area (TPSA) is 88.5 Å². The van der Waals surface area contributed by atoms with E-state index in [1.54, 1.807) is 19.2 Å². The highest BCUT2D eigenvalue weighted by Gasteiger charge is 2.21. The van der Waals surface area contributed by atoms with Crippen molar-refractivity contribution in [2.24, 2.45) is 0 Å². The number of hydrogen-bond donors (Lipinski definition) is 2. The summed E-state index contributed by atoms with van der Waals surface area (Å²) in [6.07, 6.45) is 2.41. The van der Waals surface area contributed by atoms with Crippen LogP contribution in [0.3, 0.4) is 0 Å². The molecule has 0 radical (unpaired) electrons. The minimum atomic E-state index is -1.07. The first kappa shape index (κ1) is 15.6. The molecule has 104 valence electrons. The zero-order chi connectivity index (χ0) is 14.3. The Balaban J connectivity index is 2.66. The van der Waals surface area contributed by atoms with Crippen LogP contribution in [0.5, 0.6) is 0 Å². The van der Waals surface area contributed by atoms with Gasteiger partial charge in [0.05, 0.1) is 5.56 Å². The minimum Gasteiger partial charge on any atom is -0.480 e. The number of nitrogens with one attached hydrogen (secondary N) is 1. The van der Waals surface area contributed by atoms with Crippen LogP contribution in [0.4, 0.5) is 0 Å². The summed E-state index contributed by atoms with van der Waals surface area (Å²) in [5, 5.41) is 11.5. The fourth-order valence-electron chi connectivity index (χ4n) is 1.48. The number of aromatic nitrogens is 1. The maximum Gasteiger partial charge on any atom is 0.326 e. The van der Waals surface area contributed by atoms with E-state index in [4.69, 9.17) is 9.84 Å². The van der Waals surface area contributed by atoms with Crippen LogP contribution < -0.4 is 5.32 Å². The number of methoxy groups -OCH3 is 1. The molecule has 1 atom stereocenters. The summed E-state index contributed by atoms with van der Waals surface area (Å²) < 4.78 is 5.24. The van der Waals surface area contributed by atoms with E-state index in [0.29, 0.717) is 29.6 Å². The molecule has 7 heteroatoms. The Morgan fingerprint density at radius 2 is 2.32 bits per heavy atom. The quantitative estimate of drug-likeness (QED) is 0.583. The van der Waals surface area contributed by atoms with Crippen molar-refractivity contribution < 1.29 is 19.4 Å². The van der Waals surface area contributed by atoms with Crippen molar-refractivity contribution in [1.82, 2.24) is 10.3 Å². The second-order valence-corrected chi connectivity index (χ2v) is 4.59. The summed E-state index contributed by atoms with van der Waals surface area (Å²) in [5.41, 5.74) is 0.306. The van der Waals surface area contributed by atoms with E-state index in [1.165, 1.54) is 6.20 Å². The third-order valence-corrected chi connectivity index (χ3v) is 3.08. The van der Waals surface area contributed by atoms with Crippen molar-refractivity contribution in [3.8, 4) is 0 Å². The second-order valence-electron chi connectivity index (χ2n) is 3.84. The molecule has 0 spiro atoms. The van der Waals surface area contributed by atoms with Gasteiger partial charge in [-0.05, 0) is 40.9 Å². The first-order valence-electron chi connectivity index (χ1n) is 5.69. The smallest absolute Gasteiger partial charge is 0.326 e. The number of carbonyl (C=O) groups is 2. The van der Waals surface area contributed by atoms with E-state index in [-0.39, 0.29) is 0 Å². The standard InChI is InChI=1S/C12H15BrN2O4/c1-19-7-3-5-9(12(17)18)15-11(16)8-4-2-6-14-10(8)13/h2,4,6,9H,3,5,7H2,1H3,(H,15,16)(H,17,18). The number of hydrogen-bond acceptors (Lipinski definition) is 4. The Kier molecular flexibility index (Phi) is 6.44. The summed E-state index contributed by atoms with van der Waals surface area (Å²) in [6, 6.07) is 2.25. The first-order chi connectivity index (χ1) is 9.06. The minimum absolute atomic E-state index is 0.306. The highest BCUT2D eigenvalue weighted by molar-refractivity contribution is 9.10. The predicted octanol–water partition coefficient (Wildman–Crippen LogP) is 1.45. The van der Waals surface area contributed by atoms with Crippen molar-refractivity contribution in [2.75, 3.05) is 13.7 Å². The number of carboxylic acid groups (broad SMARTS) is 1. The van der Waals surface area contributed by atoms with E-state index in [2.05, 4.69) is 26.2 Å². The first-order valence-corrected chi connectivity index (χ1v) is 6.48. The number of carbonyl (C=O) groups excluding carboxylic acids is 1. The van der Waals surface area contributed by atoms with Gasteiger partial charge < -0.3 is 15.2 Å². The van der Waals surface area contributed by atoms with Gasteiger partial charge in [-0.25, -0.2) is 9.78 Å². The molecule has 1 unspecified atom stereocenters. The van der Waals surface area contributed by atoms with Gasteiger partial charge in [0, 0.05) is 19.9 Å². The van der Waals surface area contributed by atoms with Crippen molar-refractivity contribution in [3.05, 3.63) is 28.5 Å². The van der Waals surface area contributed by atoms with Crippen LogP contribution in [-0.4, -0.2) is 41.7 Å². The Morgan fingerprint density at radius 1 is 1.58 bits per heavy atom. The normalized spacial score (nSPS) is 11.9. The molecule has 0 aliphatic heterocycles. The van der Waals surface area contributed by atoms with E-state index < -0.39 is 17.9 Å². The molecule has 0 aromatic carbocycles. The van der Waals surface area contributed by atoms with Crippen LogP contribution in [0.2, 0.25) is 0 Å². The molecule has 1 rings (SSSR count). The summed E-state index contributed by atoms with van der Waals surface area (Å²) in [5.74, 6) is -1.53. The Morgan fingerprint density at radius 3 is 2.89 bits per heavy atom. The number of aliphatic carboxylic acids is 1. The van der Waals surface area contributed by atoms with E-state index >= 15 is 0 Å². The number of amides is 1. The van der Waals surface area contributed by atoms with Gasteiger partial charge in [0.25, 0.3) is 5.91 Å². The van der Waals surface area contributed by atoms with Crippen molar-refractivity contribution in [2.45, 2.75) is 18.9 Å². The van der Waals surface area contributed by atoms with Crippen molar-refractivity contribution in [3.63, 3.8) is 0 Å². The van der Waals surface area contributed by atoms with Gasteiger partial charge in [-0.15, -0.1) is 0 Å². The summed E-state index contributed by atoms with van der Waals surface area (Å²) in [7, 11) is 1.54. The number of nitrogens with zero attached hydrogens (tertiary/aromatic N) is 1. The second kappa shape index (κ2) is 7.85. The molecule has 19 heavy (non-hydrogen) atoms. The summed E-state index contributed by atoms with van der Waals surface area (Å²) >= 11 is 3.15. The Hall–Kier alpha value is -1.47. The molecule has 0 aliphatic carbocycles. The van der Waals surface area contributed by atoms with Gasteiger partial charge >= 0.3 is 5.97 Å². The van der Waals surface area contributed by atoms with E-state index in [0.717, 1.165) is 0 Å². The maximum absolute atomic E-state index is 11.9. The van der Waals surface area contributed by atoms with E-state index in [9.17, 15) is 9.59 Å². The van der Waals surface area contributed by atoms with Crippen molar-refractivity contribution in [1.29, 1.82) is 0 Å². The fraction of sp³-hybridized carbons (Fsp3) is 0.417. The molecule has 1 aromatic rings. The highest BCUT2D eigenvalue weighted by atomic mass is 79.9. The van der Waals surface area contributed by atoms with Crippen molar-refractivity contribution >= 4 is 27.8 Å². The van der Waals surface area contributed by atoms with Gasteiger partial charge in [-0.3, -0.25) is 4.79 Å². The molecule has 0 bridgehead atoms. The molecular weight excluding hydrogens is 316 g/mol. The van der Waals surface area contributed by atoms with Crippen LogP contribution in [0, 0.1) is 0 Å². The largest absolute Gasteiger partial charge is 0.480 e. The molecular formula is C12H15BrN2O4. The van der Waals surface area contributed by atoms with Crippen LogP contribution in [0.25, 0.3) is 0 Å². The molecule has 1 aromatic heterocycles. The van der Waals surface area contributed by atoms with Gasteiger partial charge in [0.15, 0.2) is 0 Å². The highest BCUT2D eigenvalue weighted by Crippen LogP contribution is 2.12. The number of rotatable bonds is 7. The van der Waals surface area contributed by atoms with E-state index in [1.807, 2.05) is 0 Å². The molecule has 0 saturated carbocycles. The molecule has 6 nitrogen and oxygen atoms in total. The van der Waals surface area contributed by atoms with Crippen LogP contribution in [-0.2, 0) is 9.53 Å². The molecule has 2 N–H and O–H groups in total. The maximum atomic E-state index is 11.9. The molecule has 1 heterocycles. The number of ether oxygens (including phenoxy) is 1. The number of halogens is 1. The third kappa shape index (κ3) is 4.96. The predicted molar refractivity (Wildman–Crippen MR) is 71.9 cm³/mol. The lowest BCUT2D eigenvalue weighted by Crippen LogP contribution is -2.41. The summed E-state index contributed by atoms with van der Waals surface area (Å²) in [6.45, 7) is 0.455.